The van der Waals surface area contributed by atoms with Crippen LogP contribution in [0.2, 0.25) is 0 Å². The van der Waals surface area contributed by atoms with E-state index in [1.165, 1.54) is 0 Å². The van der Waals surface area contributed by atoms with Crippen molar-refractivity contribution < 1.29 is 179 Å². The summed E-state index contributed by atoms with van der Waals surface area (Å²) in [5.74, 6) is -20.6. The first-order valence-corrected chi connectivity index (χ1v) is 25.7. The smallest absolute Gasteiger partial charge is 0.364 e. The molecule has 1 unspecified atom stereocenters. The highest BCUT2D eigenvalue weighted by Gasteiger charge is 2.64. The molecule has 0 aromatic carbocycles. The number of aliphatic carboxylic acids is 3. The Kier molecular flexibility index (Phi) is 24.5. The van der Waals surface area contributed by atoms with E-state index in [4.69, 9.17) is 42.6 Å². The van der Waals surface area contributed by atoms with Crippen molar-refractivity contribution in [2.24, 2.45) is 0 Å². The maximum Gasteiger partial charge on any atom is 0.364 e. The highest BCUT2D eigenvalue weighted by atomic mass is 16.8. The molecule has 0 radical (unpaired) electrons. The first-order chi connectivity index (χ1) is 39.3. The molecular weight excluding hydrogens is 1160 g/mol. The van der Waals surface area contributed by atoms with Gasteiger partial charge in [-0.1, -0.05) is 0 Å². The minimum atomic E-state index is -3.56. The molecule has 0 aliphatic carbocycles. The van der Waals surface area contributed by atoms with Gasteiger partial charge in [0.25, 0.3) is 17.4 Å². The van der Waals surface area contributed by atoms with Crippen LogP contribution in [0.5, 0.6) is 0 Å². The fraction of sp³-hybridized carbons (Fsp3) is 0.867. The van der Waals surface area contributed by atoms with Crippen LogP contribution in [0.15, 0.2) is 0 Å². The van der Waals surface area contributed by atoms with Crippen LogP contribution in [0.4, 0.5) is 0 Å². The van der Waals surface area contributed by atoms with E-state index < -0.39 is 265 Å². The van der Waals surface area contributed by atoms with Crippen LogP contribution in [0.1, 0.15) is 33.1 Å². The van der Waals surface area contributed by atoms with E-state index in [1.807, 2.05) is 5.32 Å². The molecule has 5 rings (SSSR count). The van der Waals surface area contributed by atoms with Gasteiger partial charge in [-0.25, -0.2) is 14.4 Å². The minimum absolute atomic E-state index is 0.842. The van der Waals surface area contributed by atoms with Gasteiger partial charge in [0.15, 0.2) is 12.6 Å². The molecule has 0 spiro atoms. The number of amides is 3. The van der Waals surface area contributed by atoms with Gasteiger partial charge < -0.3 is 166 Å². The van der Waals surface area contributed by atoms with E-state index >= 15 is 0 Å². The van der Waals surface area contributed by atoms with Crippen molar-refractivity contribution in [3.63, 3.8) is 0 Å². The number of carbonyl (C=O) groups is 6. The molecule has 5 aliphatic heterocycles. The van der Waals surface area contributed by atoms with Crippen molar-refractivity contribution in [3.8, 4) is 0 Å². The van der Waals surface area contributed by atoms with Gasteiger partial charge >= 0.3 is 17.9 Å². The summed E-state index contributed by atoms with van der Waals surface area (Å²) in [6.45, 7) is -6.17. The molecular formula is C45H73N3O36. The monoisotopic (exact) mass is 1230 g/mol. The highest BCUT2D eigenvalue weighted by Crippen LogP contribution is 2.42. The zero-order valence-corrected chi connectivity index (χ0v) is 44.3. The lowest BCUT2D eigenvalue weighted by molar-refractivity contribution is -0.387. The van der Waals surface area contributed by atoms with E-state index in [2.05, 4.69) is 10.6 Å². The molecule has 484 valence electrons. The summed E-state index contributed by atoms with van der Waals surface area (Å²) in [5.41, 5.74) is 0. The summed E-state index contributed by atoms with van der Waals surface area (Å²) >= 11 is 0. The van der Waals surface area contributed by atoms with E-state index in [9.17, 15) is 136 Å². The van der Waals surface area contributed by atoms with Gasteiger partial charge in [-0.15, -0.1) is 0 Å². The van der Waals surface area contributed by atoms with Crippen molar-refractivity contribution in [1.82, 2.24) is 16.0 Å². The standard InChI is InChI=1S/C45H73N3O36/c1-12(55)46-23-14(57)3-44(41(72)73,82-35(23)28(64)19(8-51)79-43(40(70)71)4-16(59)25(48-22(61)11-54)34(81-43)26(62)17(60)6-49)80-20(9-52)29(65)36-24(47-13(2)56)15(58)5-45(83-36,42(74)75)84-37-27(63)18(7-50)77-39(32(37)68)78-33-21(10-53)76-38(69)31(67)30(33)66/h14-21,23-39,49-54,57-60,62-69H,3-11H2,1-2H3,(H,46,55)(H,47,56)(H,48,61)(H,70,71)(H,72,73)(H,74,75)/t14-,15-,16-,17+,18+,19+,20+,21+,23+,24+,25+,26+,27-,28+,29+,30+,31+,32+,33+,34+,35+,36+,37-,38?,39-,43+,44+,45-/m0/s1. The van der Waals surface area contributed by atoms with Gasteiger partial charge in [-0.3, -0.25) is 14.4 Å². The molecule has 5 fully saturated rings. The van der Waals surface area contributed by atoms with E-state index in [0.29, 0.717) is 0 Å². The zero-order chi connectivity index (χ0) is 63.2. The van der Waals surface area contributed by atoms with Gasteiger partial charge in [-0.05, 0) is 0 Å². The summed E-state index contributed by atoms with van der Waals surface area (Å²) in [6.07, 6.45) is -54.7. The number of aliphatic hydroxyl groups excluding tert-OH is 18. The summed E-state index contributed by atoms with van der Waals surface area (Å²) < 4.78 is 49.9. The number of nitrogens with one attached hydrogen (secondary N) is 3. The lowest BCUT2D eigenvalue weighted by Crippen LogP contribution is -2.72. The molecule has 28 atom stereocenters. The third kappa shape index (κ3) is 15.0. The molecule has 0 saturated carbocycles. The number of hydrogen-bond acceptors (Lipinski definition) is 33. The fourth-order valence-corrected chi connectivity index (χ4v) is 10.3. The molecule has 5 heterocycles. The Balaban J connectivity index is 1.51. The topological polar surface area (TPSA) is 646 Å². The van der Waals surface area contributed by atoms with Gasteiger partial charge in [0.05, 0.1) is 69.5 Å². The molecule has 3 amide bonds. The van der Waals surface area contributed by atoms with Crippen molar-refractivity contribution in [2.45, 2.75) is 203 Å². The Morgan fingerprint density at radius 3 is 1.32 bits per heavy atom. The fourth-order valence-electron chi connectivity index (χ4n) is 10.3. The second kappa shape index (κ2) is 29.2. The Labute approximate surface area is 472 Å². The third-order valence-corrected chi connectivity index (χ3v) is 14.6. The van der Waals surface area contributed by atoms with E-state index in [-0.39, 0.29) is 0 Å². The first-order valence-electron chi connectivity index (χ1n) is 25.7. The Morgan fingerprint density at radius 2 is 0.929 bits per heavy atom. The third-order valence-electron chi connectivity index (χ3n) is 14.6. The number of hydrogen-bond donors (Lipinski definition) is 24. The molecule has 5 aliphatic rings. The minimum Gasteiger partial charge on any atom is -0.477 e. The van der Waals surface area contributed by atoms with Gasteiger partial charge in [-0.2, -0.15) is 0 Å². The average molecular weight is 1230 g/mol. The lowest BCUT2D eigenvalue weighted by atomic mass is 9.86. The maximum atomic E-state index is 13.5. The summed E-state index contributed by atoms with van der Waals surface area (Å²) in [5, 5.41) is 232. The second-order valence-corrected chi connectivity index (χ2v) is 20.5. The predicted molar refractivity (Wildman–Crippen MR) is 254 cm³/mol. The van der Waals surface area contributed by atoms with Crippen LogP contribution >= 0.6 is 0 Å². The van der Waals surface area contributed by atoms with Crippen LogP contribution < -0.4 is 16.0 Å². The molecule has 39 nitrogen and oxygen atoms in total. The van der Waals surface area contributed by atoms with Crippen LogP contribution in [0.25, 0.3) is 0 Å². The molecule has 0 aromatic heterocycles. The van der Waals surface area contributed by atoms with Crippen LogP contribution in [-0.2, 0) is 71.4 Å². The van der Waals surface area contributed by atoms with Crippen molar-refractivity contribution in [3.05, 3.63) is 0 Å². The first kappa shape index (κ1) is 70.5. The van der Waals surface area contributed by atoms with Crippen LogP contribution in [-0.4, -0.2) is 353 Å². The molecule has 0 bridgehead atoms. The number of carboxylic acids is 3. The summed E-state index contributed by atoms with van der Waals surface area (Å²) in [6, 6.07) is -6.00. The van der Waals surface area contributed by atoms with Crippen LogP contribution in [0, 0.1) is 0 Å². The largest absolute Gasteiger partial charge is 0.477 e. The van der Waals surface area contributed by atoms with Crippen molar-refractivity contribution in [2.75, 3.05) is 39.6 Å². The van der Waals surface area contributed by atoms with Gasteiger partial charge in [0, 0.05) is 33.1 Å². The second-order valence-electron chi connectivity index (χ2n) is 20.5. The lowest BCUT2D eigenvalue weighted by Gasteiger charge is -2.51. The number of aliphatic hydroxyl groups is 18. The van der Waals surface area contributed by atoms with E-state index in [0.717, 1.165) is 13.8 Å². The zero-order valence-electron chi connectivity index (χ0n) is 44.3. The highest BCUT2D eigenvalue weighted by molar-refractivity contribution is 5.79. The van der Waals surface area contributed by atoms with Crippen molar-refractivity contribution in [1.29, 1.82) is 0 Å². The molecule has 84 heavy (non-hydrogen) atoms. The predicted octanol–water partition coefficient (Wildman–Crippen LogP) is -14.9. The van der Waals surface area contributed by atoms with Gasteiger partial charge in [0.2, 0.25) is 17.7 Å². The van der Waals surface area contributed by atoms with E-state index in [1.54, 1.807) is 0 Å². The number of ether oxygens (including phenoxy) is 9. The Bertz CT molecular complexity index is 2240. The number of carbonyl (C=O) groups excluding carboxylic acids is 3. The molecule has 39 heteroatoms. The Morgan fingerprint density at radius 1 is 0.512 bits per heavy atom. The SMILES string of the molecule is CC(=O)N[C@H]1[C@H]([C@H](O)[C@@H](CO)O[C@]2(C(=O)O)C[C@H](O)[C@@H](NC(=O)CO)[C@H]([C@H](O)[C@H](O)CO)O2)O[C@@](O[C@H](CO)[C@@H](O)[C@@H]2O[C@@](O[C@H]3[C@@H](O)[C@@H](CO)O[C@@H](O[C@H]4[C@H](O)[C@@H](O)C(O)O[C@@H]4CO)[C@@H]3O)(C(=O)O)C[C@H](O)[C@H]2NC(C)=O)(C(=O)O)C[C@@H]1O. The number of carboxylic acid groups (broad SMARTS) is 3. The molecule has 0 aromatic rings. The molecule has 5 saturated heterocycles. The summed E-state index contributed by atoms with van der Waals surface area (Å²) in [7, 11) is 0. The average Bonchev–Trinajstić information content (AvgIpc) is 1.09. The Hall–Kier alpha value is -4.26. The van der Waals surface area contributed by atoms with Gasteiger partial charge in [0.1, 0.15) is 110 Å². The van der Waals surface area contributed by atoms with Crippen LogP contribution in [0.3, 0.4) is 0 Å². The maximum absolute atomic E-state index is 13.5. The summed E-state index contributed by atoms with van der Waals surface area (Å²) in [4.78, 5) is 77.2. The normalized spacial score (nSPS) is 41.4. The molecule has 24 N–H and O–H groups in total. The quantitative estimate of drug-likeness (QED) is 0.0382. The number of rotatable bonds is 26. The van der Waals surface area contributed by atoms with Crippen molar-refractivity contribution >= 4 is 35.6 Å².